The van der Waals surface area contributed by atoms with Gasteiger partial charge in [-0.1, -0.05) is 31.2 Å². The molecule has 2 aromatic carbocycles. The summed E-state index contributed by atoms with van der Waals surface area (Å²) in [6.45, 7) is 4.63. The van der Waals surface area contributed by atoms with Gasteiger partial charge in [-0.25, -0.2) is 4.68 Å². The highest BCUT2D eigenvalue weighted by Crippen LogP contribution is 2.41. The number of benzene rings is 2. The third kappa shape index (κ3) is 3.98. The van der Waals surface area contributed by atoms with E-state index in [-0.39, 0.29) is 17.7 Å². The van der Waals surface area contributed by atoms with Gasteiger partial charge in [0.25, 0.3) is 5.91 Å². The predicted octanol–water partition coefficient (Wildman–Crippen LogP) is 5.12. The molecule has 0 fully saturated rings. The Balaban J connectivity index is 1.49. The molecular formula is C27H28N4O3. The van der Waals surface area contributed by atoms with Gasteiger partial charge in [-0.3, -0.25) is 9.59 Å². The van der Waals surface area contributed by atoms with E-state index < -0.39 is 0 Å². The summed E-state index contributed by atoms with van der Waals surface area (Å²) in [5, 5.41) is 10.9. The highest BCUT2D eigenvalue weighted by Gasteiger charge is 2.37. The van der Waals surface area contributed by atoms with Crippen molar-refractivity contribution < 1.29 is 14.3 Å². The molecule has 0 unspecified atom stereocenters. The number of ether oxygens (including phenoxy) is 1. The van der Waals surface area contributed by atoms with E-state index in [1.165, 1.54) is 5.56 Å². The van der Waals surface area contributed by atoms with Crippen LogP contribution in [0.5, 0.6) is 5.75 Å². The van der Waals surface area contributed by atoms with E-state index in [4.69, 9.17) is 4.74 Å². The van der Waals surface area contributed by atoms with Crippen molar-refractivity contribution in [1.82, 2.24) is 9.78 Å². The lowest BCUT2D eigenvalue weighted by Crippen LogP contribution is -2.32. The van der Waals surface area contributed by atoms with Crippen molar-refractivity contribution in [1.29, 1.82) is 0 Å². The molecule has 1 amide bonds. The van der Waals surface area contributed by atoms with Gasteiger partial charge in [-0.2, -0.15) is 5.10 Å². The van der Waals surface area contributed by atoms with Crippen molar-refractivity contribution in [2.45, 2.75) is 45.6 Å². The molecule has 1 aliphatic carbocycles. The number of hydrogen-bond acceptors (Lipinski definition) is 5. The van der Waals surface area contributed by atoms with Gasteiger partial charge in [-0.05, 0) is 61.6 Å². The summed E-state index contributed by atoms with van der Waals surface area (Å²) in [6.07, 6.45) is 4.63. The number of hydrogen-bond donors (Lipinski definition) is 2. The van der Waals surface area contributed by atoms with Crippen LogP contribution in [-0.4, -0.2) is 28.1 Å². The molecule has 0 radical (unpaired) electrons. The predicted molar refractivity (Wildman–Crippen MR) is 131 cm³/mol. The van der Waals surface area contributed by atoms with Gasteiger partial charge in [-0.15, -0.1) is 0 Å². The smallest absolute Gasteiger partial charge is 0.261 e. The van der Waals surface area contributed by atoms with Gasteiger partial charge in [0.05, 0.1) is 12.8 Å². The number of anilines is 2. The topological polar surface area (TPSA) is 85.2 Å². The monoisotopic (exact) mass is 456 g/mol. The zero-order chi connectivity index (χ0) is 23.7. The first-order valence-electron chi connectivity index (χ1n) is 11.8. The molecule has 2 N–H and O–H groups in total. The molecule has 1 aromatic heterocycles. The molecule has 1 aliphatic heterocycles. The number of aromatic nitrogens is 2. The van der Waals surface area contributed by atoms with Crippen LogP contribution in [0, 0.1) is 0 Å². The fraction of sp³-hybridized carbons (Fsp3) is 0.296. The molecule has 2 aliphatic rings. The number of nitrogens with zero attached hydrogens (tertiary/aromatic N) is 2. The molecule has 1 atom stereocenters. The van der Waals surface area contributed by atoms with Crippen LogP contribution in [0.3, 0.4) is 0 Å². The van der Waals surface area contributed by atoms with Crippen LogP contribution in [0.4, 0.5) is 11.5 Å². The Labute approximate surface area is 198 Å². The van der Waals surface area contributed by atoms with Crippen molar-refractivity contribution in [2.75, 3.05) is 17.2 Å². The third-order valence-corrected chi connectivity index (χ3v) is 6.41. The standard InChI is InChI=1S/C27H28N4O3/c1-3-17-8-10-18(11-9-17)25-24-22(6-5-7-23(24)32)30-26-21(16-28-31(25)26)27(33)29-19-12-14-20(15-13-19)34-4-2/h8-16,25,30H,3-7H2,1-2H3,(H,29,33)/t25-/m1/s1. The molecular weight excluding hydrogens is 428 g/mol. The Morgan fingerprint density at radius 3 is 2.59 bits per heavy atom. The summed E-state index contributed by atoms with van der Waals surface area (Å²) in [5.41, 5.74) is 4.98. The number of Topliss-reactive ketones (excluding diaryl/α,β-unsaturated/α-hetero) is 1. The Kier molecular flexibility index (Phi) is 5.92. The van der Waals surface area contributed by atoms with Crippen LogP contribution in [0.25, 0.3) is 0 Å². The lowest BCUT2D eigenvalue weighted by atomic mass is 9.85. The highest BCUT2D eigenvalue weighted by atomic mass is 16.5. The number of fused-ring (bicyclic) bond motifs is 1. The van der Waals surface area contributed by atoms with Crippen LogP contribution in [-0.2, 0) is 11.2 Å². The number of rotatable bonds is 6. The zero-order valence-corrected chi connectivity index (χ0v) is 19.4. The van der Waals surface area contributed by atoms with Crippen molar-refractivity contribution in [2.24, 2.45) is 0 Å². The summed E-state index contributed by atoms with van der Waals surface area (Å²) in [7, 11) is 0. The minimum atomic E-state index is -0.350. The summed E-state index contributed by atoms with van der Waals surface area (Å²) >= 11 is 0. The Morgan fingerprint density at radius 1 is 1.12 bits per heavy atom. The van der Waals surface area contributed by atoms with Gasteiger partial charge in [0.2, 0.25) is 0 Å². The first-order valence-corrected chi connectivity index (χ1v) is 11.8. The van der Waals surface area contributed by atoms with Gasteiger partial charge in [0, 0.05) is 23.4 Å². The molecule has 0 saturated carbocycles. The maximum atomic E-state index is 13.2. The van der Waals surface area contributed by atoms with Gasteiger partial charge in [0.1, 0.15) is 23.2 Å². The number of carbonyl (C=O) groups excluding carboxylic acids is 2. The average molecular weight is 457 g/mol. The van der Waals surface area contributed by atoms with Crippen LogP contribution >= 0.6 is 0 Å². The second kappa shape index (κ2) is 9.17. The van der Waals surface area contributed by atoms with E-state index in [1.807, 2.05) is 31.2 Å². The largest absolute Gasteiger partial charge is 0.494 e. The number of amides is 1. The maximum Gasteiger partial charge on any atom is 0.261 e. The van der Waals surface area contributed by atoms with Gasteiger partial charge < -0.3 is 15.4 Å². The van der Waals surface area contributed by atoms with Crippen molar-refractivity contribution in [3.8, 4) is 5.75 Å². The van der Waals surface area contributed by atoms with E-state index in [0.717, 1.165) is 41.8 Å². The van der Waals surface area contributed by atoms with Gasteiger partial charge >= 0.3 is 0 Å². The van der Waals surface area contributed by atoms with Crippen molar-refractivity contribution in [3.05, 3.63) is 82.7 Å². The Hall–Kier alpha value is -3.87. The lowest BCUT2D eigenvalue weighted by Gasteiger charge is -2.33. The summed E-state index contributed by atoms with van der Waals surface area (Å²) in [5.74, 6) is 1.24. The fourth-order valence-electron chi connectivity index (χ4n) is 4.67. The third-order valence-electron chi connectivity index (χ3n) is 6.41. The van der Waals surface area contributed by atoms with Crippen LogP contribution in [0.1, 0.15) is 60.6 Å². The Morgan fingerprint density at radius 2 is 1.88 bits per heavy atom. The molecule has 0 bridgehead atoms. The number of ketones is 1. The molecule has 34 heavy (non-hydrogen) atoms. The number of carbonyl (C=O) groups is 2. The molecule has 7 heteroatoms. The molecule has 7 nitrogen and oxygen atoms in total. The highest BCUT2D eigenvalue weighted by molar-refractivity contribution is 6.08. The summed E-state index contributed by atoms with van der Waals surface area (Å²) in [4.78, 5) is 26.2. The first kappa shape index (κ1) is 21.9. The number of allylic oxidation sites excluding steroid dienone is 2. The minimum absolute atomic E-state index is 0.139. The van der Waals surface area contributed by atoms with Crippen LogP contribution < -0.4 is 15.4 Å². The lowest BCUT2D eigenvalue weighted by molar-refractivity contribution is -0.116. The molecule has 5 rings (SSSR count). The van der Waals surface area contributed by atoms with E-state index in [0.29, 0.717) is 30.1 Å². The van der Waals surface area contributed by atoms with E-state index >= 15 is 0 Å². The summed E-state index contributed by atoms with van der Waals surface area (Å²) in [6, 6.07) is 15.2. The second-order valence-corrected chi connectivity index (χ2v) is 8.55. The minimum Gasteiger partial charge on any atom is -0.494 e. The molecule has 174 valence electrons. The van der Waals surface area contributed by atoms with Crippen molar-refractivity contribution in [3.63, 3.8) is 0 Å². The normalized spacial score (nSPS) is 17.0. The van der Waals surface area contributed by atoms with Crippen LogP contribution in [0.2, 0.25) is 0 Å². The van der Waals surface area contributed by atoms with E-state index in [1.54, 1.807) is 10.9 Å². The average Bonchev–Trinajstić information content (AvgIpc) is 3.28. The number of nitrogens with one attached hydrogen (secondary N) is 2. The summed E-state index contributed by atoms with van der Waals surface area (Å²) < 4.78 is 7.25. The molecule has 0 spiro atoms. The quantitative estimate of drug-likeness (QED) is 0.538. The molecule has 2 heterocycles. The number of aryl methyl sites for hydroxylation is 1. The maximum absolute atomic E-state index is 13.2. The molecule has 0 saturated heterocycles. The SMILES string of the molecule is CCOc1ccc(NC(=O)c2cnn3c2NC2=C(C(=O)CCC2)[C@H]3c2ccc(CC)cc2)cc1. The fourth-order valence-corrected chi connectivity index (χ4v) is 4.67. The van der Waals surface area contributed by atoms with Crippen molar-refractivity contribution >= 4 is 23.2 Å². The van der Waals surface area contributed by atoms with Gasteiger partial charge in [0.15, 0.2) is 5.78 Å². The second-order valence-electron chi connectivity index (χ2n) is 8.55. The van der Waals surface area contributed by atoms with E-state index in [2.05, 4.69) is 46.9 Å². The van der Waals surface area contributed by atoms with E-state index in [9.17, 15) is 9.59 Å². The van der Waals surface area contributed by atoms with Crippen LogP contribution in [0.15, 0.2) is 66.0 Å². The zero-order valence-electron chi connectivity index (χ0n) is 19.4. The Bertz CT molecular complexity index is 1260. The first-order chi connectivity index (χ1) is 16.6. The molecule has 3 aromatic rings.